The van der Waals surface area contributed by atoms with Gasteiger partial charge >= 0.3 is 0 Å². The molecule has 0 fully saturated rings. The summed E-state index contributed by atoms with van der Waals surface area (Å²) in [6.45, 7) is 1.85. The molecule has 0 radical (unpaired) electrons. The van der Waals surface area contributed by atoms with Gasteiger partial charge in [0.25, 0.3) is 0 Å². The lowest BCUT2D eigenvalue weighted by molar-refractivity contribution is 0.0118. The van der Waals surface area contributed by atoms with Gasteiger partial charge < -0.3 is 10.2 Å². The Kier molecular flexibility index (Phi) is 2.68. The minimum absolute atomic E-state index is 0.138. The maximum Gasteiger partial charge on any atom is 0.0858 e. The molecular weight excluding hydrogens is 140 g/mol. The first-order valence-corrected chi connectivity index (χ1v) is 4.16. The van der Waals surface area contributed by atoms with Crippen molar-refractivity contribution in [3.63, 3.8) is 0 Å². The second-order valence-corrected chi connectivity index (χ2v) is 3.50. The van der Waals surface area contributed by atoms with Gasteiger partial charge in [-0.05, 0) is 19.3 Å². The van der Waals surface area contributed by atoms with Gasteiger partial charge in [0, 0.05) is 5.41 Å². The van der Waals surface area contributed by atoms with Crippen molar-refractivity contribution in [3.8, 4) is 0 Å². The van der Waals surface area contributed by atoms with Crippen LogP contribution in [-0.2, 0) is 0 Å². The summed E-state index contributed by atoms with van der Waals surface area (Å²) in [4.78, 5) is 0. The van der Waals surface area contributed by atoms with Crippen LogP contribution >= 0.6 is 0 Å². The molecule has 0 aromatic heterocycles. The Morgan fingerprint density at radius 1 is 1.64 bits per heavy atom. The smallest absolute Gasteiger partial charge is 0.0858 e. The van der Waals surface area contributed by atoms with Crippen LogP contribution in [0.1, 0.15) is 26.2 Å². The predicted molar refractivity (Wildman–Crippen MR) is 44.2 cm³/mol. The van der Waals surface area contributed by atoms with E-state index in [0.717, 1.165) is 19.3 Å². The molecule has 0 unspecified atom stereocenters. The molecular formula is C9H16O2. The fourth-order valence-corrected chi connectivity index (χ4v) is 1.52. The zero-order valence-corrected chi connectivity index (χ0v) is 6.95. The Hall–Kier alpha value is -0.340. The molecule has 1 aliphatic carbocycles. The summed E-state index contributed by atoms with van der Waals surface area (Å²) in [5.41, 5.74) is -0.187. The van der Waals surface area contributed by atoms with Gasteiger partial charge in [0.2, 0.25) is 0 Å². The van der Waals surface area contributed by atoms with Gasteiger partial charge in [-0.1, -0.05) is 19.1 Å². The molecule has 1 aliphatic rings. The molecule has 2 N–H and O–H groups in total. The van der Waals surface area contributed by atoms with Crippen molar-refractivity contribution >= 4 is 0 Å². The molecule has 0 saturated heterocycles. The molecule has 2 heteroatoms. The molecule has 2 atom stereocenters. The van der Waals surface area contributed by atoms with E-state index in [1.807, 2.05) is 13.0 Å². The van der Waals surface area contributed by atoms with Crippen molar-refractivity contribution in [2.24, 2.45) is 5.41 Å². The third kappa shape index (κ3) is 1.82. The summed E-state index contributed by atoms with van der Waals surface area (Å²) in [5.74, 6) is 0. The van der Waals surface area contributed by atoms with Crippen molar-refractivity contribution in [2.45, 2.75) is 32.3 Å². The largest absolute Gasteiger partial charge is 0.394 e. The quantitative estimate of drug-likeness (QED) is 0.587. The Morgan fingerprint density at radius 2 is 2.36 bits per heavy atom. The third-order valence-corrected chi connectivity index (χ3v) is 2.52. The van der Waals surface area contributed by atoms with Gasteiger partial charge in [-0.3, -0.25) is 0 Å². The minimum atomic E-state index is -0.598. The molecule has 1 rings (SSSR count). The first kappa shape index (κ1) is 8.75. The van der Waals surface area contributed by atoms with E-state index in [0.29, 0.717) is 0 Å². The Bertz CT molecular complexity index is 154. The van der Waals surface area contributed by atoms with Crippen molar-refractivity contribution in [1.82, 2.24) is 0 Å². The third-order valence-electron chi connectivity index (χ3n) is 2.52. The van der Waals surface area contributed by atoms with Gasteiger partial charge in [0.1, 0.15) is 0 Å². The fraction of sp³-hybridized carbons (Fsp3) is 0.778. The van der Waals surface area contributed by atoms with E-state index in [1.54, 1.807) is 0 Å². The predicted octanol–water partition coefficient (Wildman–Crippen LogP) is 1.09. The number of hydrogen-bond acceptors (Lipinski definition) is 2. The summed E-state index contributed by atoms with van der Waals surface area (Å²) in [7, 11) is 0. The summed E-state index contributed by atoms with van der Waals surface area (Å²) in [6.07, 6.45) is 6.71. The Morgan fingerprint density at radius 3 is 2.82 bits per heavy atom. The van der Waals surface area contributed by atoms with E-state index in [9.17, 15) is 5.11 Å². The highest BCUT2D eigenvalue weighted by molar-refractivity contribution is 5.04. The zero-order valence-electron chi connectivity index (χ0n) is 6.95. The topological polar surface area (TPSA) is 40.5 Å². The van der Waals surface area contributed by atoms with Gasteiger partial charge in [-0.25, -0.2) is 0 Å². The van der Waals surface area contributed by atoms with Crippen molar-refractivity contribution in [3.05, 3.63) is 12.2 Å². The second kappa shape index (κ2) is 3.37. The van der Waals surface area contributed by atoms with Crippen LogP contribution in [0, 0.1) is 5.41 Å². The molecule has 0 amide bonds. The Labute approximate surface area is 67.6 Å². The average Bonchev–Trinajstić information content (AvgIpc) is 2.04. The monoisotopic (exact) mass is 156 g/mol. The highest BCUT2D eigenvalue weighted by Gasteiger charge is 2.30. The minimum Gasteiger partial charge on any atom is -0.394 e. The van der Waals surface area contributed by atoms with E-state index < -0.39 is 6.10 Å². The number of allylic oxidation sites excluding steroid dienone is 1. The lowest BCUT2D eigenvalue weighted by atomic mass is 9.76. The molecule has 2 nitrogen and oxygen atoms in total. The molecule has 64 valence electrons. The van der Waals surface area contributed by atoms with E-state index in [1.165, 1.54) is 0 Å². The normalized spacial score (nSPS) is 33.7. The van der Waals surface area contributed by atoms with Crippen LogP contribution in [0.15, 0.2) is 12.2 Å². The summed E-state index contributed by atoms with van der Waals surface area (Å²) in [6, 6.07) is 0. The van der Waals surface area contributed by atoms with E-state index in [-0.39, 0.29) is 12.0 Å². The fourth-order valence-electron chi connectivity index (χ4n) is 1.52. The van der Waals surface area contributed by atoms with Gasteiger partial charge in [-0.2, -0.15) is 0 Å². The molecule has 0 saturated carbocycles. The SMILES string of the molecule is C[C@]1([C@@H](O)CO)C=CCCC1. The lowest BCUT2D eigenvalue weighted by Crippen LogP contribution is -2.34. The highest BCUT2D eigenvalue weighted by Crippen LogP contribution is 2.33. The van der Waals surface area contributed by atoms with E-state index in [2.05, 4.69) is 6.08 Å². The highest BCUT2D eigenvalue weighted by atomic mass is 16.3. The van der Waals surface area contributed by atoms with Crippen molar-refractivity contribution < 1.29 is 10.2 Å². The summed E-state index contributed by atoms with van der Waals surface area (Å²) in [5, 5.41) is 18.2. The first-order chi connectivity index (χ1) is 5.19. The number of aliphatic hydroxyl groups is 2. The van der Waals surface area contributed by atoms with Gasteiger partial charge in [0.05, 0.1) is 12.7 Å². The molecule has 0 aliphatic heterocycles. The molecule has 0 aromatic rings. The first-order valence-electron chi connectivity index (χ1n) is 4.16. The number of hydrogen-bond donors (Lipinski definition) is 2. The van der Waals surface area contributed by atoms with E-state index in [4.69, 9.17) is 5.11 Å². The molecule has 11 heavy (non-hydrogen) atoms. The zero-order chi connectivity index (χ0) is 8.32. The molecule has 0 spiro atoms. The Balaban J connectivity index is 2.63. The van der Waals surface area contributed by atoms with Crippen LogP contribution in [0.4, 0.5) is 0 Å². The van der Waals surface area contributed by atoms with Gasteiger partial charge in [0.15, 0.2) is 0 Å². The molecule has 0 bridgehead atoms. The molecule has 0 aromatic carbocycles. The van der Waals surface area contributed by atoms with Crippen LogP contribution in [0.3, 0.4) is 0 Å². The van der Waals surface area contributed by atoms with Gasteiger partial charge in [-0.15, -0.1) is 0 Å². The number of rotatable bonds is 2. The maximum atomic E-state index is 9.44. The van der Waals surface area contributed by atoms with Crippen LogP contribution in [0.25, 0.3) is 0 Å². The van der Waals surface area contributed by atoms with Crippen LogP contribution in [-0.4, -0.2) is 22.9 Å². The van der Waals surface area contributed by atoms with Crippen LogP contribution in [0.2, 0.25) is 0 Å². The summed E-state index contributed by atoms with van der Waals surface area (Å²) >= 11 is 0. The molecule has 0 heterocycles. The van der Waals surface area contributed by atoms with Crippen LogP contribution < -0.4 is 0 Å². The second-order valence-electron chi connectivity index (χ2n) is 3.50. The van der Waals surface area contributed by atoms with Crippen molar-refractivity contribution in [2.75, 3.05) is 6.61 Å². The van der Waals surface area contributed by atoms with E-state index >= 15 is 0 Å². The van der Waals surface area contributed by atoms with Crippen molar-refractivity contribution in [1.29, 1.82) is 0 Å². The lowest BCUT2D eigenvalue weighted by Gasteiger charge is -2.32. The summed E-state index contributed by atoms with van der Waals surface area (Å²) < 4.78 is 0. The average molecular weight is 156 g/mol. The number of aliphatic hydroxyl groups excluding tert-OH is 2. The van der Waals surface area contributed by atoms with Crippen LogP contribution in [0.5, 0.6) is 0 Å². The standard InChI is InChI=1S/C9H16O2/c1-9(8(11)7-10)5-3-2-4-6-9/h3,5,8,10-11H,2,4,6-7H2,1H3/t8-,9-/m0/s1. The maximum absolute atomic E-state index is 9.44.